The van der Waals surface area contributed by atoms with Gasteiger partial charge in [0.1, 0.15) is 0 Å². The van der Waals surface area contributed by atoms with Gasteiger partial charge in [0, 0.05) is 12.2 Å². The molecule has 2 fully saturated rings. The van der Waals surface area contributed by atoms with Crippen LogP contribution in [0.5, 0.6) is 0 Å². The lowest BCUT2D eigenvalue weighted by Crippen LogP contribution is -2.26. The maximum Gasteiger partial charge on any atom is 0.333 e. The van der Waals surface area contributed by atoms with E-state index in [2.05, 4.69) is 37.8 Å². The molecule has 1 aromatic carbocycles. The van der Waals surface area contributed by atoms with Gasteiger partial charge < -0.3 is 9.84 Å². The molecule has 0 bridgehead atoms. The second-order valence-corrected chi connectivity index (χ2v) is 13.6. The van der Waals surface area contributed by atoms with Crippen molar-refractivity contribution in [2.75, 3.05) is 13.2 Å². The number of esters is 1. The van der Waals surface area contributed by atoms with E-state index in [4.69, 9.17) is 4.74 Å². The third-order valence-electron chi connectivity index (χ3n) is 10.6. The van der Waals surface area contributed by atoms with Crippen molar-refractivity contribution in [3.63, 3.8) is 0 Å². The van der Waals surface area contributed by atoms with E-state index >= 15 is 0 Å². The van der Waals surface area contributed by atoms with Gasteiger partial charge in [-0.3, -0.25) is 0 Å². The molecule has 0 aliphatic heterocycles. The maximum atomic E-state index is 11.8. The van der Waals surface area contributed by atoms with Gasteiger partial charge in [-0.25, -0.2) is 4.79 Å². The van der Waals surface area contributed by atoms with Crippen molar-refractivity contribution in [3.8, 4) is 0 Å². The van der Waals surface area contributed by atoms with E-state index in [1.165, 1.54) is 114 Å². The summed E-state index contributed by atoms with van der Waals surface area (Å²) in [6.07, 6.45) is 25.4. The Hall–Kier alpha value is -1.61. The fourth-order valence-electron chi connectivity index (χ4n) is 7.59. The van der Waals surface area contributed by atoms with Crippen LogP contribution in [0, 0.1) is 29.6 Å². The third kappa shape index (κ3) is 12.7. The summed E-state index contributed by atoms with van der Waals surface area (Å²) in [4.78, 5) is 11.8. The molecular weight excluding hydrogens is 504 g/mol. The molecular formula is C38H62O3. The zero-order valence-corrected chi connectivity index (χ0v) is 26.7. The topological polar surface area (TPSA) is 46.5 Å². The summed E-state index contributed by atoms with van der Waals surface area (Å²) in [6.45, 7) is 8.63. The molecule has 1 N–H and O–H groups in total. The highest BCUT2D eigenvalue weighted by molar-refractivity contribution is 5.87. The van der Waals surface area contributed by atoms with Crippen molar-refractivity contribution < 1.29 is 14.6 Å². The molecule has 1 atom stereocenters. The van der Waals surface area contributed by atoms with Crippen molar-refractivity contribution in [2.24, 2.45) is 29.6 Å². The molecule has 3 nitrogen and oxygen atoms in total. The van der Waals surface area contributed by atoms with Crippen LogP contribution in [0.15, 0.2) is 36.4 Å². The van der Waals surface area contributed by atoms with Gasteiger partial charge in [0.15, 0.2) is 0 Å². The fourth-order valence-corrected chi connectivity index (χ4v) is 7.59. The molecule has 1 unspecified atom stereocenters. The number of aryl methyl sites for hydroxylation is 2. The highest BCUT2D eigenvalue weighted by atomic mass is 16.5. The lowest BCUT2D eigenvalue weighted by atomic mass is 9.68. The predicted octanol–water partition coefficient (Wildman–Crippen LogP) is 10.0. The minimum atomic E-state index is -0.265. The Balaban J connectivity index is 1.25. The van der Waals surface area contributed by atoms with Gasteiger partial charge in [0.25, 0.3) is 0 Å². The minimum absolute atomic E-state index is 0.222. The molecule has 41 heavy (non-hydrogen) atoms. The number of aliphatic hydroxyl groups is 1. The summed E-state index contributed by atoms with van der Waals surface area (Å²) in [5, 5.41) is 9.49. The zero-order chi connectivity index (χ0) is 29.3. The van der Waals surface area contributed by atoms with Crippen molar-refractivity contribution in [3.05, 3.63) is 47.5 Å². The van der Waals surface area contributed by atoms with Gasteiger partial charge in [-0.05, 0) is 111 Å². The molecule has 1 aromatic rings. The van der Waals surface area contributed by atoms with Crippen molar-refractivity contribution in [2.45, 2.75) is 142 Å². The van der Waals surface area contributed by atoms with Crippen LogP contribution in [0.2, 0.25) is 0 Å². The van der Waals surface area contributed by atoms with E-state index < -0.39 is 0 Å². The van der Waals surface area contributed by atoms with Crippen LogP contribution in [-0.2, 0) is 22.4 Å². The second kappa shape index (κ2) is 19.6. The number of aliphatic hydroxyl groups excluding tert-OH is 1. The SMILES string of the molecule is C=C(CC)C(=O)OCCC(CCO)CCCC1CCC(C2CCC(CCc3ccc(CCCCC)cc3)CC2)CC1. The van der Waals surface area contributed by atoms with Crippen molar-refractivity contribution >= 4 is 5.97 Å². The molecule has 0 saturated heterocycles. The lowest BCUT2D eigenvalue weighted by molar-refractivity contribution is -0.139. The van der Waals surface area contributed by atoms with Crippen LogP contribution in [-0.4, -0.2) is 24.3 Å². The summed E-state index contributed by atoms with van der Waals surface area (Å²) < 4.78 is 5.38. The first kappa shape index (κ1) is 33.9. The Morgan fingerprint density at radius 1 is 0.805 bits per heavy atom. The van der Waals surface area contributed by atoms with Crippen LogP contribution in [0.4, 0.5) is 0 Å². The Morgan fingerprint density at radius 2 is 1.39 bits per heavy atom. The van der Waals surface area contributed by atoms with E-state index in [1.807, 2.05) is 6.92 Å². The summed E-state index contributed by atoms with van der Waals surface area (Å²) >= 11 is 0. The predicted molar refractivity (Wildman–Crippen MR) is 173 cm³/mol. The number of carbonyl (C=O) groups is 1. The third-order valence-corrected chi connectivity index (χ3v) is 10.6. The largest absolute Gasteiger partial charge is 0.462 e. The first-order valence-electron chi connectivity index (χ1n) is 17.6. The number of rotatable bonds is 19. The lowest BCUT2D eigenvalue weighted by Gasteiger charge is -2.38. The molecule has 232 valence electrons. The molecule has 0 radical (unpaired) electrons. The number of hydrogen-bond acceptors (Lipinski definition) is 3. The van der Waals surface area contributed by atoms with Gasteiger partial charge in [0.2, 0.25) is 0 Å². The minimum Gasteiger partial charge on any atom is -0.462 e. The smallest absolute Gasteiger partial charge is 0.333 e. The fraction of sp³-hybridized carbons (Fsp3) is 0.763. The van der Waals surface area contributed by atoms with Gasteiger partial charge in [-0.15, -0.1) is 0 Å². The molecule has 2 saturated carbocycles. The Morgan fingerprint density at radius 3 is 1.95 bits per heavy atom. The molecule has 2 aliphatic carbocycles. The normalized spacial score (nSPS) is 23.7. The summed E-state index contributed by atoms with van der Waals surface area (Å²) in [6, 6.07) is 9.52. The zero-order valence-electron chi connectivity index (χ0n) is 26.7. The monoisotopic (exact) mass is 566 g/mol. The van der Waals surface area contributed by atoms with Crippen LogP contribution in [0.3, 0.4) is 0 Å². The molecule has 0 amide bonds. The molecule has 0 aromatic heterocycles. The molecule has 3 heteroatoms. The van der Waals surface area contributed by atoms with Crippen LogP contribution < -0.4 is 0 Å². The number of ether oxygens (including phenoxy) is 1. The molecule has 3 rings (SSSR count). The summed E-state index contributed by atoms with van der Waals surface area (Å²) in [7, 11) is 0. The number of hydrogen-bond donors (Lipinski definition) is 1. The second-order valence-electron chi connectivity index (χ2n) is 13.6. The van der Waals surface area contributed by atoms with Gasteiger partial charge in [0.05, 0.1) is 6.61 Å². The van der Waals surface area contributed by atoms with E-state index in [0.29, 0.717) is 24.5 Å². The standard InChI is InChI=1S/C38H62O3/c1-4-6-7-9-31-12-14-34(15-13-31)16-17-35-20-24-37(25-21-35)36-22-18-32(19-23-36)10-8-11-33(26-28-39)27-29-41-38(40)30(3)5-2/h12-15,32-33,35-37,39H,3-11,16-29H2,1-2H3. The van der Waals surface area contributed by atoms with Gasteiger partial charge >= 0.3 is 5.97 Å². The molecule has 0 spiro atoms. The van der Waals surface area contributed by atoms with Gasteiger partial charge in [-0.2, -0.15) is 0 Å². The molecule has 0 heterocycles. The van der Waals surface area contributed by atoms with Crippen LogP contribution >= 0.6 is 0 Å². The number of carbonyl (C=O) groups excluding carboxylic acids is 1. The first-order chi connectivity index (χ1) is 20.0. The average molecular weight is 567 g/mol. The van der Waals surface area contributed by atoms with E-state index in [-0.39, 0.29) is 12.6 Å². The van der Waals surface area contributed by atoms with Gasteiger partial charge in [-0.1, -0.05) is 102 Å². The number of benzene rings is 1. The highest BCUT2D eigenvalue weighted by Crippen LogP contribution is 2.43. The summed E-state index contributed by atoms with van der Waals surface area (Å²) in [5.74, 6) is 3.97. The van der Waals surface area contributed by atoms with E-state index in [0.717, 1.165) is 42.9 Å². The Bertz CT molecular complexity index is 843. The number of unbranched alkanes of at least 4 members (excludes halogenated alkanes) is 2. The molecule has 2 aliphatic rings. The Kier molecular flexibility index (Phi) is 16.2. The summed E-state index contributed by atoms with van der Waals surface area (Å²) in [5.41, 5.74) is 3.59. The first-order valence-corrected chi connectivity index (χ1v) is 17.6. The maximum absolute atomic E-state index is 11.8. The van der Waals surface area contributed by atoms with Crippen molar-refractivity contribution in [1.29, 1.82) is 0 Å². The van der Waals surface area contributed by atoms with Crippen molar-refractivity contribution in [1.82, 2.24) is 0 Å². The highest BCUT2D eigenvalue weighted by Gasteiger charge is 2.30. The van der Waals surface area contributed by atoms with E-state index in [1.54, 1.807) is 0 Å². The Labute approximate surface area is 252 Å². The van der Waals surface area contributed by atoms with Crippen LogP contribution in [0.1, 0.15) is 141 Å². The quantitative estimate of drug-likeness (QED) is 0.103. The average Bonchev–Trinajstić information content (AvgIpc) is 3.01. The van der Waals surface area contributed by atoms with Crippen LogP contribution in [0.25, 0.3) is 0 Å². The van der Waals surface area contributed by atoms with E-state index in [9.17, 15) is 9.90 Å².